The maximum Gasteiger partial charge on any atom is 0.239 e. The second kappa shape index (κ2) is 8.08. The summed E-state index contributed by atoms with van der Waals surface area (Å²) in [6.45, 7) is 3.24. The van der Waals surface area contributed by atoms with Gasteiger partial charge in [0.15, 0.2) is 0 Å². The van der Waals surface area contributed by atoms with Crippen molar-refractivity contribution in [3.05, 3.63) is 35.6 Å². The summed E-state index contributed by atoms with van der Waals surface area (Å²) < 4.78 is 13.1. The Kier molecular flexibility index (Phi) is 5.85. The zero-order valence-electron chi connectivity index (χ0n) is 14.2. The molecule has 1 aromatic rings. The minimum absolute atomic E-state index is 0.0822. The van der Waals surface area contributed by atoms with Gasteiger partial charge in [0.25, 0.3) is 0 Å². The van der Waals surface area contributed by atoms with E-state index >= 15 is 0 Å². The van der Waals surface area contributed by atoms with E-state index in [0.29, 0.717) is 13.1 Å². The van der Waals surface area contributed by atoms with E-state index in [2.05, 4.69) is 4.90 Å². The first-order valence-electron chi connectivity index (χ1n) is 9.05. The Morgan fingerprint density at radius 1 is 1.12 bits per heavy atom. The number of aliphatic hydroxyl groups is 1. The lowest BCUT2D eigenvalue weighted by atomic mass is 9.95. The summed E-state index contributed by atoms with van der Waals surface area (Å²) in [5, 5.41) is 9.39. The van der Waals surface area contributed by atoms with Gasteiger partial charge >= 0.3 is 0 Å². The highest BCUT2D eigenvalue weighted by Crippen LogP contribution is 2.24. The molecule has 2 aliphatic heterocycles. The highest BCUT2D eigenvalue weighted by molar-refractivity contribution is 5.82. The zero-order valence-corrected chi connectivity index (χ0v) is 14.2. The Hall–Kier alpha value is -1.46. The van der Waals surface area contributed by atoms with Crippen LogP contribution in [0.2, 0.25) is 0 Å². The van der Waals surface area contributed by atoms with Gasteiger partial charge in [0.05, 0.1) is 6.04 Å². The minimum atomic E-state index is -0.228. The number of likely N-dealkylation sites (tertiary alicyclic amines) is 2. The second-order valence-electron chi connectivity index (χ2n) is 7.08. The lowest BCUT2D eigenvalue weighted by Gasteiger charge is -2.40. The van der Waals surface area contributed by atoms with E-state index in [9.17, 15) is 14.3 Å². The largest absolute Gasteiger partial charge is 0.396 e. The molecule has 132 valence electrons. The Bertz CT molecular complexity index is 549. The molecule has 2 atom stereocenters. The standard InChI is InChI=1S/C19H27FN2O2/c20-17-8-6-15(7-9-17)12-21-10-2-1-5-18(21)19(24)22-11-3-4-16(13-22)14-23/h6-9,16,18,23H,1-5,10-14H2. The summed E-state index contributed by atoms with van der Waals surface area (Å²) in [6.07, 6.45) is 5.05. The first-order valence-corrected chi connectivity index (χ1v) is 9.05. The van der Waals surface area contributed by atoms with Crippen LogP contribution in [0.4, 0.5) is 4.39 Å². The summed E-state index contributed by atoms with van der Waals surface area (Å²) in [7, 11) is 0. The smallest absolute Gasteiger partial charge is 0.239 e. The van der Waals surface area contributed by atoms with E-state index in [1.165, 1.54) is 12.1 Å². The average molecular weight is 334 g/mol. The van der Waals surface area contributed by atoms with Gasteiger partial charge in [-0.1, -0.05) is 18.6 Å². The van der Waals surface area contributed by atoms with E-state index < -0.39 is 0 Å². The number of amides is 1. The number of piperidine rings is 2. The summed E-state index contributed by atoms with van der Waals surface area (Å²) >= 11 is 0. The average Bonchev–Trinajstić information content (AvgIpc) is 2.63. The lowest BCUT2D eigenvalue weighted by Crippen LogP contribution is -2.53. The molecule has 0 saturated carbocycles. The topological polar surface area (TPSA) is 43.8 Å². The van der Waals surface area contributed by atoms with Gasteiger partial charge in [-0.15, -0.1) is 0 Å². The van der Waals surface area contributed by atoms with Crippen LogP contribution >= 0.6 is 0 Å². The van der Waals surface area contributed by atoms with Crippen molar-refractivity contribution in [2.45, 2.75) is 44.7 Å². The number of nitrogens with zero attached hydrogens (tertiary/aromatic N) is 2. The fourth-order valence-electron chi connectivity index (χ4n) is 3.91. The molecule has 1 N–H and O–H groups in total. The Labute approximate surface area is 143 Å². The van der Waals surface area contributed by atoms with E-state index in [1.54, 1.807) is 12.1 Å². The fourth-order valence-corrected chi connectivity index (χ4v) is 3.91. The molecule has 0 aromatic heterocycles. The van der Waals surface area contributed by atoms with Crippen LogP contribution in [0, 0.1) is 11.7 Å². The van der Waals surface area contributed by atoms with Gasteiger partial charge in [0, 0.05) is 26.2 Å². The molecule has 5 heteroatoms. The summed E-state index contributed by atoms with van der Waals surface area (Å²) in [5.74, 6) is 0.195. The van der Waals surface area contributed by atoms with Crippen molar-refractivity contribution in [3.63, 3.8) is 0 Å². The first-order chi connectivity index (χ1) is 11.7. The van der Waals surface area contributed by atoms with E-state index in [-0.39, 0.29) is 30.3 Å². The molecule has 2 saturated heterocycles. The number of hydrogen-bond acceptors (Lipinski definition) is 3. The fraction of sp³-hybridized carbons (Fsp3) is 0.632. The molecule has 2 heterocycles. The van der Waals surface area contributed by atoms with E-state index in [1.807, 2.05) is 4.90 Å². The number of halogens is 1. The molecule has 1 amide bonds. The van der Waals surface area contributed by atoms with Crippen molar-refractivity contribution in [3.8, 4) is 0 Å². The van der Waals surface area contributed by atoms with Gasteiger partial charge in [-0.3, -0.25) is 9.69 Å². The van der Waals surface area contributed by atoms with Gasteiger partial charge in [0.1, 0.15) is 5.82 Å². The highest BCUT2D eigenvalue weighted by atomic mass is 19.1. The number of hydrogen-bond donors (Lipinski definition) is 1. The molecule has 0 bridgehead atoms. The van der Waals surface area contributed by atoms with Crippen LogP contribution in [0.15, 0.2) is 24.3 Å². The molecule has 1 aromatic carbocycles. The van der Waals surface area contributed by atoms with Crippen molar-refractivity contribution in [2.75, 3.05) is 26.2 Å². The molecule has 3 rings (SSSR count). The predicted octanol–water partition coefficient (Wildman–Crippen LogP) is 2.41. The monoisotopic (exact) mass is 334 g/mol. The van der Waals surface area contributed by atoms with E-state index in [0.717, 1.165) is 50.8 Å². The van der Waals surface area contributed by atoms with Crippen LogP contribution < -0.4 is 0 Å². The third-order valence-corrected chi connectivity index (χ3v) is 5.29. The first kappa shape index (κ1) is 17.4. The Morgan fingerprint density at radius 2 is 1.92 bits per heavy atom. The van der Waals surface area contributed by atoms with Crippen LogP contribution in [-0.2, 0) is 11.3 Å². The minimum Gasteiger partial charge on any atom is -0.396 e. The number of rotatable bonds is 4. The van der Waals surface area contributed by atoms with Crippen LogP contribution in [0.5, 0.6) is 0 Å². The maximum absolute atomic E-state index is 13.1. The number of carbonyl (C=O) groups is 1. The van der Waals surface area contributed by atoms with Gasteiger partial charge in [0.2, 0.25) is 5.91 Å². The normalized spacial score (nSPS) is 25.7. The molecule has 0 spiro atoms. The highest BCUT2D eigenvalue weighted by Gasteiger charge is 2.33. The maximum atomic E-state index is 13.1. The van der Waals surface area contributed by atoms with Gasteiger partial charge in [-0.05, 0) is 55.8 Å². The molecule has 2 unspecified atom stereocenters. The van der Waals surface area contributed by atoms with Crippen molar-refractivity contribution in [1.82, 2.24) is 9.80 Å². The molecule has 24 heavy (non-hydrogen) atoms. The predicted molar refractivity (Wildman–Crippen MR) is 90.8 cm³/mol. The van der Waals surface area contributed by atoms with Crippen LogP contribution in [0.25, 0.3) is 0 Å². The van der Waals surface area contributed by atoms with Crippen molar-refractivity contribution >= 4 is 5.91 Å². The van der Waals surface area contributed by atoms with Crippen molar-refractivity contribution in [2.24, 2.45) is 5.92 Å². The molecular weight excluding hydrogens is 307 g/mol. The van der Waals surface area contributed by atoms with Gasteiger partial charge in [-0.25, -0.2) is 4.39 Å². The molecular formula is C19H27FN2O2. The van der Waals surface area contributed by atoms with Crippen LogP contribution in [0.1, 0.15) is 37.7 Å². The molecule has 2 aliphatic rings. The van der Waals surface area contributed by atoms with Crippen LogP contribution in [0.3, 0.4) is 0 Å². The second-order valence-corrected chi connectivity index (χ2v) is 7.08. The molecule has 2 fully saturated rings. The number of benzene rings is 1. The van der Waals surface area contributed by atoms with Crippen molar-refractivity contribution < 1.29 is 14.3 Å². The Morgan fingerprint density at radius 3 is 2.67 bits per heavy atom. The number of carbonyl (C=O) groups excluding carboxylic acids is 1. The quantitative estimate of drug-likeness (QED) is 0.920. The Balaban J connectivity index is 1.67. The summed E-state index contributed by atoms with van der Waals surface area (Å²) in [5.41, 5.74) is 1.04. The third kappa shape index (κ3) is 4.14. The lowest BCUT2D eigenvalue weighted by molar-refractivity contribution is -0.140. The van der Waals surface area contributed by atoms with Gasteiger partial charge < -0.3 is 10.0 Å². The van der Waals surface area contributed by atoms with Crippen molar-refractivity contribution in [1.29, 1.82) is 0 Å². The molecule has 0 radical (unpaired) electrons. The van der Waals surface area contributed by atoms with Gasteiger partial charge in [-0.2, -0.15) is 0 Å². The molecule has 4 nitrogen and oxygen atoms in total. The zero-order chi connectivity index (χ0) is 16.9. The SMILES string of the molecule is O=C(C1CCCCN1Cc1ccc(F)cc1)N1CCCC(CO)C1. The third-order valence-electron chi connectivity index (χ3n) is 5.29. The summed E-state index contributed by atoms with van der Waals surface area (Å²) in [6, 6.07) is 6.47. The number of aliphatic hydroxyl groups excluding tert-OH is 1. The van der Waals surface area contributed by atoms with E-state index in [4.69, 9.17) is 0 Å². The molecule has 0 aliphatic carbocycles. The summed E-state index contributed by atoms with van der Waals surface area (Å²) in [4.78, 5) is 17.2. The van der Waals surface area contributed by atoms with Crippen LogP contribution in [-0.4, -0.2) is 53.1 Å².